The Kier molecular flexibility index (Phi) is 5.44. The minimum Gasteiger partial charge on any atom is -0.461 e. The molecule has 0 radical (unpaired) electrons. The molecule has 2 atom stereocenters. The zero-order valence-electron chi connectivity index (χ0n) is 18.0. The van der Waals surface area contributed by atoms with Crippen LogP contribution in [0.25, 0.3) is 28.4 Å². The summed E-state index contributed by atoms with van der Waals surface area (Å²) in [5.74, 6) is 1.76. The van der Waals surface area contributed by atoms with Gasteiger partial charge in [0.2, 0.25) is 0 Å². The van der Waals surface area contributed by atoms with Crippen molar-refractivity contribution in [2.24, 2.45) is 5.92 Å². The van der Waals surface area contributed by atoms with Crippen molar-refractivity contribution < 1.29 is 14.0 Å². The minimum absolute atomic E-state index is 0.389. The third-order valence-corrected chi connectivity index (χ3v) is 5.71. The van der Waals surface area contributed by atoms with Crippen LogP contribution in [0.15, 0.2) is 77.4 Å². The fourth-order valence-corrected chi connectivity index (χ4v) is 3.77. The quantitative estimate of drug-likeness (QED) is 0.354. The van der Waals surface area contributed by atoms with Gasteiger partial charge < -0.3 is 4.42 Å². The molecule has 1 saturated carbocycles. The molecule has 0 spiro atoms. The first-order valence-corrected chi connectivity index (χ1v) is 10.8. The van der Waals surface area contributed by atoms with Crippen LogP contribution in [0, 0.1) is 5.92 Å². The average molecular weight is 438 g/mol. The predicted octanol–water partition coefficient (Wildman–Crippen LogP) is 4.49. The van der Waals surface area contributed by atoms with Crippen LogP contribution in [0.4, 0.5) is 0 Å². The summed E-state index contributed by atoms with van der Waals surface area (Å²) >= 11 is 0. The average Bonchev–Trinajstić information content (AvgIpc) is 3.39. The maximum Gasteiger partial charge on any atom is 0.270 e. The van der Waals surface area contributed by atoms with Crippen molar-refractivity contribution in [2.45, 2.75) is 19.3 Å². The molecule has 33 heavy (non-hydrogen) atoms. The van der Waals surface area contributed by atoms with Gasteiger partial charge in [-0.2, -0.15) is 0 Å². The molecule has 1 fully saturated rings. The summed E-state index contributed by atoms with van der Waals surface area (Å²) in [6.45, 7) is 2.18. The SMILES string of the molecule is CC1CC1c1ccc(/C=C/C(=O)NNC(=O)c2cc(-c3ccccn3)nc3ccccc23)o1. The highest BCUT2D eigenvalue weighted by Gasteiger charge is 2.36. The number of pyridine rings is 2. The van der Waals surface area contributed by atoms with Crippen LogP contribution < -0.4 is 10.9 Å². The normalized spacial score (nSPS) is 17.2. The second kappa shape index (κ2) is 8.70. The number of hydrogen-bond donors (Lipinski definition) is 2. The van der Waals surface area contributed by atoms with Gasteiger partial charge >= 0.3 is 0 Å². The van der Waals surface area contributed by atoms with Gasteiger partial charge in [0.05, 0.1) is 22.5 Å². The van der Waals surface area contributed by atoms with E-state index in [2.05, 4.69) is 27.7 Å². The number of nitrogens with one attached hydrogen (secondary N) is 2. The van der Waals surface area contributed by atoms with E-state index < -0.39 is 11.8 Å². The van der Waals surface area contributed by atoms with Crippen LogP contribution in [0.1, 0.15) is 41.1 Å². The van der Waals surface area contributed by atoms with Crippen molar-refractivity contribution >= 4 is 28.8 Å². The zero-order valence-corrected chi connectivity index (χ0v) is 18.0. The Morgan fingerprint density at radius 2 is 1.85 bits per heavy atom. The molecule has 2 amide bonds. The molecule has 4 aromatic rings. The second-order valence-corrected chi connectivity index (χ2v) is 8.12. The van der Waals surface area contributed by atoms with Crippen molar-refractivity contribution in [3.63, 3.8) is 0 Å². The highest BCUT2D eigenvalue weighted by molar-refractivity contribution is 6.07. The van der Waals surface area contributed by atoms with E-state index in [0.717, 1.165) is 12.2 Å². The molecule has 7 nitrogen and oxygen atoms in total. The van der Waals surface area contributed by atoms with Crippen molar-refractivity contribution in [1.82, 2.24) is 20.8 Å². The molecule has 1 aromatic carbocycles. The van der Waals surface area contributed by atoms with Crippen LogP contribution in [0.2, 0.25) is 0 Å². The van der Waals surface area contributed by atoms with Gasteiger partial charge in [-0.1, -0.05) is 31.2 Å². The molecule has 0 bridgehead atoms. The van der Waals surface area contributed by atoms with Crippen molar-refractivity contribution in [2.75, 3.05) is 0 Å². The molecule has 0 aliphatic heterocycles. The Labute approximate surface area is 190 Å². The lowest BCUT2D eigenvalue weighted by molar-refractivity contribution is -0.117. The molecule has 7 heteroatoms. The number of nitrogens with zero attached hydrogens (tertiary/aromatic N) is 2. The van der Waals surface area contributed by atoms with Crippen LogP contribution in [-0.4, -0.2) is 21.8 Å². The molecule has 164 valence electrons. The first-order valence-electron chi connectivity index (χ1n) is 10.8. The van der Waals surface area contributed by atoms with E-state index in [9.17, 15) is 9.59 Å². The van der Waals surface area contributed by atoms with Gasteiger partial charge in [-0.05, 0) is 54.8 Å². The van der Waals surface area contributed by atoms with Crippen LogP contribution >= 0.6 is 0 Å². The summed E-state index contributed by atoms with van der Waals surface area (Å²) in [6, 6.07) is 18.3. The number of carbonyl (C=O) groups is 2. The molecule has 1 aliphatic rings. The fourth-order valence-electron chi connectivity index (χ4n) is 3.77. The fraction of sp³-hybridized carbons (Fsp3) is 0.154. The number of carbonyl (C=O) groups excluding carboxylic acids is 2. The number of hydrogen-bond acceptors (Lipinski definition) is 5. The van der Waals surface area contributed by atoms with Gasteiger partial charge in [0.1, 0.15) is 11.5 Å². The van der Waals surface area contributed by atoms with Gasteiger partial charge in [-0.3, -0.25) is 25.4 Å². The van der Waals surface area contributed by atoms with Gasteiger partial charge in [-0.15, -0.1) is 0 Å². The van der Waals surface area contributed by atoms with Gasteiger partial charge in [0.15, 0.2) is 0 Å². The highest BCUT2D eigenvalue weighted by Crippen LogP contribution is 2.47. The predicted molar refractivity (Wildman–Crippen MR) is 125 cm³/mol. The van der Waals surface area contributed by atoms with Crippen LogP contribution in [0.5, 0.6) is 0 Å². The van der Waals surface area contributed by atoms with E-state index >= 15 is 0 Å². The number of aromatic nitrogens is 2. The lowest BCUT2D eigenvalue weighted by Gasteiger charge is -2.10. The smallest absolute Gasteiger partial charge is 0.270 e. The van der Waals surface area contributed by atoms with E-state index in [4.69, 9.17) is 4.42 Å². The summed E-state index contributed by atoms with van der Waals surface area (Å²) < 4.78 is 5.76. The lowest BCUT2D eigenvalue weighted by atomic mass is 10.1. The Morgan fingerprint density at radius 3 is 2.64 bits per heavy atom. The summed E-state index contributed by atoms with van der Waals surface area (Å²) in [5.41, 5.74) is 7.18. The largest absolute Gasteiger partial charge is 0.461 e. The number of furan rings is 1. The molecule has 3 heterocycles. The van der Waals surface area contributed by atoms with Gasteiger partial charge in [0.25, 0.3) is 11.8 Å². The Bertz CT molecular complexity index is 1360. The molecular weight excluding hydrogens is 416 g/mol. The zero-order chi connectivity index (χ0) is 22.8. The Balaban J connectivity index is 1.29. The molecule has 2 N–H and O–H groups in total. The first kappa shape index (κ1) is 20.6. The summed E-state index contributed by atoms with van der Waals surface area (Å²) in [6.07, 6.45) is 5.71. The van der Waals surface area contributed by atoms with Crippen molar-refractivity contribution in [1.29, 1.82) is 0 Å². The topological polar surface area (TPSA) is 97.1 Å². The van der Waals surface area contributed by atoms with E-state index in [1.165, 1.54) is 6.08 Å². The summed E-state index contributed by atoms with van der Waals surface area (Å²) in [7, 11) is 0. The van der Waals surface area contributed by atoms with E-state index in [1.54, 1.807) is 18.3 Å². The first-order chi connectivity index (χ1) is 16.1. The van der Waals surface area contributed by atoms with E-state index in [0.29, 0.717) is 45.5 Å². The minimum atomic E-state index is -0.468. The molecule has 1 aliphatic carbocycles. The standard InChI is InChI=1S/C26H22N4O3/c1-16-14-19(16)24-11-9-17(33-24)10-12-25(31)29-30-26(32)20-15-23(22-8-4-5-13-27-22)28-21-7-3-2-6-18(20)21/h2-13,15-16,19H,14H2,1H3,(H,29,31)(H,30,32)/b12-10+. The van der Waals surface area contributed by atoms with Crippen LogP contribution in [0.3, 0.4) is 0 Å². The monoisotopic (exact) mass is 438 g/mol. The van der Waals surface area contributed by atoms with E-state index in [-0.39, 0.29) is 0 Å². The van der Waals surface area contributed by atoms with Gasteiger partial charge in [-0.25, -0.2) is 4.98 Å². The number of benzene rings is 1. The van der Waals surface area contributed by atoms with E-state index in [1.807, 2.05) is 54.6 Å². The summed E-state index contributed by atoms with van der Waals surface area (Å²) in [5, 5.41) is 0.678. The highest BCUT2D eigenvalue weighted by atomic mass is 16.3. The number of rotatable bonds is 5. The molecule has 0 saturated heterocycles. The van der Waals surface area contributed by atoms with Crippen molar-refractivity contribution in [3.8, 4) is 11.4 Å². The second-order valence-electron chi connectivity index (χ2n) is 8.12. The van der Waals surface area contributed by atoms with Crippen molar-refractivity contribution in [3.05, 3.63) is 90.0 Å². The maximum absolute atomic E-state index is 12.9. The molecule has 3 aromatic heterocycles. The number of fused-ring (bicyclic) bond motifs is 1. The Hall–Kier alpha value is -4.26. The molecular formula is C26H22N4O3. The third-order valence-electron chi connectivity index (χ3n) is 5.71. The lowest BCUT2D eigenvalue weighted by Crippen LogP contribution is -2.40. The Morgan fingerprint density at radius 1 is 1.03 bits per heavy atom. The van der Waals surface area contributed by atoms with Gasteiger partial charge in [0, 0.05) is 23.6 Å². The third kappa shape index (κ3) is 4.52. The summed E-state index contributed by atoms with van der Waals surface area (Å²) in [4.78, 5) is 34.1. The molecule has 5 rings (SSSR count). The number of amides is 2. The van der Waals surface area contributed by atoms with Crippen LogP contribution in [-0.2, 0) is 4.79 Å². The number of hydrazine groups is 1. The molecule has 2 unspecified atom stereocenters. The number of para-hydroxylation sites is 1. The maximum atomic E-state index is 12.9.